The molecular formula is C10H17Cl3O2. The van der Waals surface area contributed by atoms with Gasteiger partial charge in [-0.15, -0.1) is 34.8 Å². The van der Waals surface area contributed by atoms with Crippen LogP contribution in [-0.2, 0) is 4.79 Å². The van der Waals surface area contributed by atoms with E-state index in [4.69, 9.17) is 39.9 Å². The van der Waals surface area contributed by atoms with E-state index in [1.54, 1.807) is 0 Å². The van der Waals surface area contributed by atoms with Crippen molar-refractivity contribution < 1.29 is 9.90 Å². The van der Waals surface area contributed by atoms with Crippen LogP contribution in [-0.4, -0.2) is 27.7 Å². The lowest BCUT2D eigenvalue weighted by molar-refractivity contribution is -0.136. The molecule has 15 heavy (non-hydrogen) atoms. The van der Waals surface area contributed by atoms with E-state index in [1.165, 1.54) is 0 Å². The van der Waals surface area contributed by atoms with Gasteiger partial charge in [-0.05, 0) is 12.8 Å². The van der Waals surface area contributed by atoms with E-state index in [1.807, 2.05) is 0 Å². The van der Waals surface area contributed by atoms with E-state index in [2.05, 4.69) is 0 Å². The van der Waals surface area contributed by atoms with Gasteiger partial charge in [0.05, 0.1) is 5.38 Å². The van der Waals surface area contributed by atoms with Crippen molar-refractivity contribution in [2.75, 3.05) is 5.88 Å². The number of hydrogen-bond donors (Lipinski definition) is 1. The highest BCUT2D eigenvalue weighted by Crippen LogP contribution is 2.18. The van der Waals surface area contributed by atoms with E-state index in [-0.39, 0.29) is 0 Å². The van der Waals surface area contributed by atoms with Crippen LogP contribution >= 0.6 is 34.8 Å². The molecule has 2 unspecified atom stereocenters. The van der Waals surface area contributed by atoms with Gasteiger partial charge in [-0.1, -0.05) is 25.7 Å². The summed E-state index contributed by atoms with van der Waals surface area (Å²) in [6.45, 7) is 0. The number of alkyl halides is 3. The number of carboxylic acid groups (broad SMARTS) is 1. The molecule has 1 N–H and O–H groups in total. The molecule has 5 heteroatoms. The van der Waals surface area contributed by atoms with Gasteiger partial charge in [-0.2, -0.15) is 0 Å². The molecule has 0 aromatic rings. The number of halogens is 3. The molecule has 0 amide bonds. The van der Waals surface area contributed by atoms with Crippen LogP contribution in [0.4, 0.5) is 0 Å². The minimum absolute atomic E-state index is 0.475. The first-order valence-electron chi connectivity index (χ1n) is 5.16. The number of unbranched alkanes of at least 4 members (excludes halogenated alkanes) is 4. The normalized spacial score (nSPS) is 14.9. The Morgan fingerprint density at radius 1 is 1.07 bits per heavy atom. The van der Waals surface area contributed by atoms with Crippen molar-refractivity contribution in [3.8, 4) is 0 Å². The summed E-state index contributed by atoms with van der Waals surface area (Å²) >= 11 is 16.9. The lowest BCUT2D eigenvalue weighted by atomic mass is 10.1. The quantitative estimate of drug-likeness (QED) is 0.512. The van der Waals surface area contributed by atoms with Crippen molar-refractivity contribution in [2.24, 2.45) is 0 Å². The summed E-state index contributed by atoms with van der Waals surface area (Å²) in [5.74, 6) is -0.334. The highest BCUT2D eigenvalue weighted by molar-refractivity contribution is 6.36. The third kappa shape index (κ3) is 8.18. The number of carboxylic acids is 1. The van der Waals surface area contributed by atoms with Crippen LogP contribution in [0.1, 0.15) is 38.5 Å². The van der Waals surface area contributed by atoms with E-state index in [0.29, 0.717) is 12.3 Å². The third-order valence-corrected chi connectivity index (χ3v) is 3.52. The van der Waals surface area contributed by atoms with Gasteiger partial charge in [0.15, 0.2) is 0 Å². The lowest BCUT2D eigenvalue weighted by Gasteiger charge is -2.11. The van der Waals surface area contributed by atoms with Crippen LogP contribution in [0.3, 0.4) is 0 Å². The molecule has 0 aromatic carbocycles. The predicted molar refractivity (Wildman–Crippen MR) is 65.3 cm³/mol. The highest BCUT2D eigenvalue weighted by Gasteiger charge is 2.22. The summed E-state index contributed by atoms with van der Waals surface area (Å²) < 4.78 is 0. The predicted octanol–water partition coefficient (Wildman–Crippen LogP) is 3.87. The highest BCUT2D eigenvalue weighted by atomic mass is 35.5. The summed E-state index contributed by atoms with van der Waals surface area (Å²) in [5.41, 5.74) is 0. The Morgan fingerprint density at radius 3 is 2.13 bits per heavy atom. The van der Waals surface area contributed by atoms with Crippen LogP contribution in [0.2, 0.25) is 0 Å². The zero-order valence-electron chi connectivity index (χ0n) is 8.59. The lowest BCUT2D eigenvalue weighted by Crippen LogP contribution is -2.24. The Balaban J connectivity index is 3.38. The average molecular weight is 276 g/mol. The summed E-state index contributed by atoms with van der Waals surface area (Å²) in [7, 11) is 0. The summed E-state index contributed by atoms with van der Waals surface area (Å²) in [5, 5.41) is 7.14. The van der Waals surface area contributed by atoms with Crippen molar-refractivity contribution in [2.45, 2.75) is 49.3 Å². The van der Waals surface area contributed by atoms with Crippen LogP contribution in [0, 0.1) is 0 Å². The molecule has 0 heterocycles. The standard InChI is InChI=1S/C10H17Cl3O2/c11-7-5-3-1-2-4-6-8(12)9(13)10(14)15/h8-9H,1-7H2,(H,14,15). The zero-order valence-corrected chi connectivity index (χ0v) is 10.9. The Labute approximate surface area is 106 Å². The molecule has 0 aliphatic rings. The fourth-order valence-corrected chi connectivity index (χ4v) is 1.84. The van der Waals surface area contributed by atoms with Gasteiger partial charge in [-0.25, -0.2) is 0 Å². The molecule has 0 radical (unpaired) electrons. The van der Waals surface area contributed by atoms with E-state index < -0.39 is 16.7 Å². The van der Waals surface area contributed by atoms with Crippen molar-refractivity contribution in [3.05, 3.63) is 0 Å². The number of aliphatic carboxylic acids is 1. The largest absolute Gasteiger partial charge is 0.480 e. The Hall–Kier alpha value is 0.340. The molecule has 0 spiro atoms. The fraction of sp³-hybridized carbons (Fsp3) is 0.900. The van der Waals surface area contributed by atoms with Gasteiger partial charge in [0.2, 0.25) is 0 Å². The molecule has 0 fully saturated rings. The Kier molecular flexibility index (Phi) is 9.77. The molecule has 0 aliphatic heterocycles. The molecule has 90 valence electrons. The molecule has 0 rings (SSSR count). The van der Waals surface area contributed by atoms with E-state index in [0.717, 1.165) is 32.1 Å². The molecule has 0 saturated carbocycles. The molecule has 0 bridgehead atoms. The topological polar surface area (TPSA) is 37.3 Å². The second kappa shape index (κ2) is 9.56. The van der Waals surface area contributed by atoms with Crippen molar-refractivity contribution in [1.82, 2.24) is 0 Å². The van der Waals surface area contributed by atoms with Crippen LogP contribution in [0.15, 0.2) is 0 Å². The summed E-state index contributed by atoms with van der Waals surface area (Å²) in [6.07, 6.45) is 5.92. The van der Waals surface area contributed by atoms with Crippen LogP contribution in [0.5, 0.6) is 0 Å². The smallest absolute Gasteiger partial charge is 0.323 e. The molecule has 2 atom stereocenters. The third-order valence-electron chi connectivity index (χ3n) is 2.17. The van der Waals surface area contributed by atoms with Crippen molar-refractivity contribution in [3.63, 3.8) is 0 Å². The molecule has 0 aromatic heterocycles. The number of hydrogen-bond acceptors (Lipinski definition) is 1. The maximum Gasteiger partial charge on any atom is 0.323 e. The van der Waals surface area contributed by atoms with Crippen molar-refractivity contribution >= 4 is 40.8 Å². The van der Waals surface area contributed by atoms with E-state index >= 15 is 0 Å². The maximum absolute atomic E-state index is 10.5. The number of carbonyl (C=O) groups is 1. The Morgan fingerprint density at radius 2 is 1.60 bits per heavy atom. The fourth-order valence-electron chi connectivity index (χ4n) is 1.27. The first-order valence-corrected chi connectivity index (χ1v) is 6.57. The van der Waals surface area contributed by atoms with Gasteiger partial charge in [0, 0.05) is 5.88 Å². The van der Waals surface area contributed by atoms with E-state index in [9.17, 15) is 4.79 Å². The summed E-state index contributed by atoms with van der Waals surface area (Å²) in [6, 6.07) is 0. The van der Waals surface area contributed by atoms with Gasteiger partial charge < -0.3 is 5.11 Å². The van der Waals surface area contributed by atoms with Gasteiger partial charge >= 0.3 is 5.97 Å². The van der Waals surface area contributed by atoms with Gasteiger partial charge in [0.25, 0.3) is 0 Å². The maximum atomic E-state index is 10.5. The molecule has 0 aliphatic carbocycles. The van der Waals surface area contributed by atoms with Crippen molar-refractivity contribution in [1.29, 1.82) is 0 Å². The second-order valence-electron chi connectivity index (χ2n) is 3.50. The molecule has 2 nitrogen and oxygen atoms in total. The molecule has 0 saturated heterocycles. The minimum Gasteiger partial charge on any atom is -0.480 e. The first-order chi connectivity index (χ1) is 7.09. The van der Waals surface area contributed by atoms with Crippen LogP contribution in [0.25, 0.3) is 0 Å². The van der Waals surface area contributed by atoms with Gasteiger partial charge in [-0.3, -0.25) is 4.79 Å². The average Bonchev–Trinajstić information content (AvgIpc) is 2.21. The molecular weight excluding hydrogens is 258 g/mol. The number of rotatable bonds is 9. The first kappa shape index (κ1) is 15.3. The minimum atomic E-state index is -1.04. The summed E-state index contributed by atoms with van der Waals surface area (Å²) in [4.78, 5) is 10.5. The SMILES string of the molecule is O=C(O)C(Cl)C(Cl)CCCCCCCCl. The zero-order chi connectivity index (χ0) is 11.7. The van der Waals surface area contributed by atoms with Gasteiger partial charge in [0.1, 0.15) is 5.38 Å². The monoisotopic (exact) mass is 274 g/mol. The second-order valence-corrected chi connectivity index (χ2v) is 4.91. The Bertz CT molecular complexity index is 176. The van der Waals surface area contributed by atoms with Crippen LogP contribution < -0.4 is 0 Å².